The predicted molar refractivity (Wildman–Crippen MR) is 121 cm³/mol. The number of hydrogen-bond acceptors (Lipinski definition) is 3. The van der Waals surface area contributed by atoms with Crippen molar-refractivity contribution in [2.75, 3.05) is 25.0 Å². The van der Waals surface area contributed by atoms with Crippen LogP contribution >= 0.6 is 0 Å². The smallest absolute Gasteiger partial charge is 0.227 e. The monoisotopic (exact) mass is 404 g/mol. The Morgan fingerprint density at radius 3 is 2.67 bits per heavy atom. The van der Waals surface area contributed by atoms with Crippen LogP contribution in [0.4, 0.5) is 5.69 Å². The van der Waals surface area contributed by atoms with Gasteiger partial charge in [0.1, 0.15) is 5.82 Å². The normalized spacial score (nSPS) is 14.5. The molecule has 0 spiro atoms. The van der Waals surface area contributed by atoms with Crippen molar-refractivity contribution >= 4 is 28.6 Å². The molecule has 2 heterocycles. The number of imidazole rings is 1. The Kier molecular flexibility index (Phi) is 5.97. The lowest BCUT2D eigenvalue weighted by atomic mass is 10.2. The number of carbonyl (C=O) groups excluding carboxylic acids is 1. The second-order valence-corrected chi connectivity index (χ2v) is 7.47. The number of aryl methyl sites for hydroxylation is 1. The Hall–Kier alpha value is -3.35. The lowest BCUT2D eigenvalue weighted by Gasteiger charge is -2.16. The molecule has 7 heteroatoms. The zero-order valence-electron chi connectivity index (χ0n) is 17.6. The second-order valence-electron chi connectivity index (χ2n) is 7.47. The van der Waals surface area contributed by atoms with Gasteiger partial charge in [-0.25, -0.2) is 4.98 Å². The second kappa shape index (κ2) is 8.98. The van der Waals surface area contributed by atoms with E-state index < -0.39 is 0 Å². The van der Waals surface area contributed by atoms with E-state index in [1.165, 1.54) is 0 Å². The van der Waals surface area contributed by atoms with Crippen molar-refractivity contribution < 1.29 is 4.79 Å². The summed E-state index contributed by atoms with van der Waals surface area (Å²) in [4.78, 5) is 22.7. The van der Waals surface area contributed by atoms with Crippen molar-refractivity contribution in [1.82, 2.24) is 20.2 Å². The first-order valence-electron chi connectivity index (χ1n) is 10.4. The molecule has 156 valence electrons. The summed E-state index contributed by atoms with van der Waals surface area (Å²) in [6.45, 7) is 5.08. The highest BCUT2D eigenvalue weighted by molar-refractivity contribution is 5.95. The van der Waals surface area contributed by atoms with E-state index in [9.17, 15) is 4.79 Å². The van der Waals surface area contributed by atoms with Gasteiger partial charge in [0.05, 0.1) is 11.0 Å². The number of nitrogens with zero attached hydrogens (tertiary/aromatic N) is 4. The van der Waals surface area contributed by atoms with Crippen molar-refractivity contribution in [3.05, 3.63) is 59.9 Å². The van der Waals surface area contributed by atoms with E-state index in [-0.39, 0.29) is 5.91 Å². The molecule has 30 heavy (non-hydrogen) atoms. The van der Waals surface area contributed by atoms with Gasteiger partial charge in [0, 0.05) is 45.3 Å². The maximum atomic E-state index is 11.9. The third kappa shape index (κ3) is 4.30. The van der Waals surface area contributed by atoms with Crippen LogP contribution in [0, 0.1) is 6.92 Å². The van der Waals surface area contributed by atoms with Crippen LogP contribution < -0.4 is 15.5 Å². The van der Waals surface area contributed by atoms with Gasteiger partial charge in [-0.3, -0.25) is 9.79 Å². The fourth-order valence-corrected chi connectivity index (χ4v) is 3.89. The number of benzene rings is 2. The molecule has 0 radical (unpaired) electrons. The molecule has 1 amide bonds. The molecule has 0 unspecified atom stereocenters. The van der Waals surface area contributed by atoms with Crippen molar-refractivity contribution in [3.8, 4) is 0 Å². The lowest BCUT2D eigenvalue weighted by molar-refractivity contribution is -0.117. The number of carbonyl (C=O) groups is 1. The van der Waals surface area contributed by atoms with E-state index in [0.29, 0.717) is 13.0 Å². The molecule has 0 aliphatic carbocycles. The molecule has 2 aromatic carbocycles. The van der Waals surface area contributed by atoms with Gasteiger partial charge in [-0.2, -0.15) is 0 Å². The number of fused-ring (bicyclic) bond motifs is 1. The maximum Gasteiger partial charge on any atom is 0.227 e. The van der Waals surface area contributed by atoms with E-state index in [4.69, 9.17) is 0 Å². The van der Waals surface area contributed by atoms with Gasteiger partial charge in [0.2, 0.25) is 5.91 Å². The third-order valence-corrected chi connectivity index (χ3v) is 5.48. The first-order valence-corrected chi connectivity index (χ1v) is 10.4. The molecule has 1 aromatic heterocycles. The average Bonchev–Trinajstić information content (AvgIpc) is 3.33. The summed E-state index contributed by atoms with van der Waals surface area (Å²) in [7, 11) is 1.77. The van der Waals surface area contributed by atoms with E-state index in [1.54, 1.807) is 7.05 Å². The minimum atomic E-state index is 0.214. The summed E-state index contributed by atoms with van der Waals surface area (Å²) in [6.07, 6.45) is 1.60. The minimum absolute atomic E-state index is 0.214. The van der Waals surface area contributed by atoms with Crippen molar-refractivity contribution in [2.45, 2.75) is 32.9 Å². The van der Waals surface area contributed by atoms with E-state index >= 15 is 0 Å². The number of rotatable bonds is 6. The lowest BCUT2D eigenvalue weighted by Crippen LogP contribution is -2.38. The standard InChI is InChI=1S/C23H28N6O/c1-17-27-20-6-3-4-7-21(20)28(17)15-13-25-23(24-2)26-16-18-9-11-19(12-10-18)29-14-5-8-22(29)30/h3-4,6-7,9-12H,5,8,13-16H2,1-2H3,(H2,24,25,26). The summed E-state index contributed by atoms with van der Waals surface area (Å²) in [5.41, 5.74) is 4.30. The summed E-state index contributed by atoms with van der Waals surface area (Å²) in [5.74, 6) is 1.99. The highest BCUT2D eigenvalue weighted by Crippen LogP contribution is 2.21. The van der Waals surface area contributed by atoms with Crippen LogP contribution in [0.2, 0.25) is 0 Å². The van der Waals surface area contributed by atoms with E-state index in [2.05, 4.69) is 43.4 Å². The maximum absolute atomic E-state index is 11.9. The number of guanidine groups is 1. The van der Waals surface area contributed by atoms with Crippen molar-refractivity contribution in [2.24, 2.45) is 4.99 Å². The summed E-state index contributed by atoms with van der Waals surface area (Å²) in [6, 6.07) is 16.3. The van der Waals surface area contributed by atoms with E-state index in [0.717, 1.165) is 60.1 Å². The van der Waals surface area contributed by atoms with Gasteiger partial charge in [-0.1, -0.05) is 24.3 Å². The van der Waals surface area contributed by atoms with Crippen LogP contribution in [-0.2, 0) is 17.9 Å². The Labute approximate surface area is 176 Å². The Morgan fingerprint density at radius 1 is 1.13 bits per heavy atom. The number of aliphatic imine (C=N–C) groups is 1. The van der Waals surface area contributed by atoms with Crippen LogP contribution in [0.5, 0.6) is 0 Å². The zero-order valence-corrected chi connectivity index (χ0v) is 17.6. The van der Waals surface area contributed by atoms with Crippen LogP contribution in [0.15, 0.2) is 53.5 Å². The quantitative estimate of drug-likeness (QED) is 0.489. The summed E-state index contributed by atoms with van der Waals surface area (Å²) < 4.78 is 2.22. The first-order chi connectivity index (χ1) is 14.7. The van der Waals surface area contributed by atoms with Gasteiger partial charge in [-0.15, -0.1) is 0 Å². The zero-order chi connectivity index (χ0) is 20.9. The molecule has 3 aromatic rings. The van der Waals surface area contributed by atoms with Gasteiger partial charge in [0.15, 0.2) is 5.96 Å². The molecule has 0 bridgehead atoms. The fraction of sp³-hybridized carbons (Fsp3) is 0.348. The molecular weight excluding hydrogens is 376 g/mol. The van der Waals surface area contributed by atoms with E-state index in [1.807, 2.05) is 42.2 Å². The van der Waals surface area contributed by atoms with Crippen molar-refractivity contribution in [1.29, 1.82) is 0 Å². The molecule has 7 nitrogen and oxygen atoms in total. The molecule has 0 atom stereocenters. The molecule has 0 saturated carbocycles. The molecular formula is C23H28N6O. The largest absolute Gasteiger partial charge is 0.355 e. The Morgan fingerprint density at radius 2 is 1.93 bits per heavy atom. The van der Waals surface area contributed by atoms with Crippen LogP contribution in [0.3, 0.4) is 0 Å². The number of para-hydroxylation sites is 2. The number of amides is 1. The fourth-order valence-electron chi connectivity index (χ4n) is 3.89. The highest BCUT2D eigenvalue weighted by Gasteiger charge is 2.21. The van der Waals surface area contributed by atoms with Crippen molar-refractivity contribution in [3.63, 3.8) is 0 Å². The van der Waals surface area contributed by atoms with Gasteiger partial charge < -0.3 is 20.1 Å². The molecule has 4 rings (SSSR count). The van der Waals surface area contributed by atoms with Crippen LogP contribution in [-0.4, -0.2) is 41.6 Å². The van der Waals surface area contributed by atoms with Gasteiger partial charge in [0.25, 0.3) is 0 Å². The molecule has 1 saturated heterocycles. The van der Waals surface area contributed by atoms with Crippen LogP contribution in [0.1, 0.15) is 24.2 Å². The Balaban J connectivity index is 1.29. The number of nitrogens with one attached hydrogen (secondary N) is 2. The highest BCUT2D eigenvalue weighted by atomic mass is 16.2. The molecule has 1 aliphatic rings. The average molecular weight is 405 g/mol. The van der Waals surface area contributed by atoms with Crippen LogP contribution in [0.25, 0.3) is 11.0 Å². The number of aromatic nitrogens is 2. The Bertz CT molecular complexity index is 1050. The number of anilines is 1. The molecule has 1 fully saturated rings. The topological polar surface area (TPSA) is 74.6 Å². The van der Waals surface area contributed by atoms with Gasteiger partial charge in [-0.05, 0) is 43.2 Å². The number of hydrogen-bond donors (Lipinski definition) is 2. The minimum Gasteiger partial charge on any atom is -0.355 e. The molecule has 2 N–H and O–H groups in total. The summed E-state index contributed by atoms with van der Waals surface area (Å²) in [5, 5.41) is 6.72. The SMILES string of the molecule is CN=C(NCCn1c(C)nc2ccccc21)NCc1ccc(N2CCCC2=O)cc1. The van der Waals surface area contributed by atoms with Gasteiger partial charge >= 0.3 is 0 Å². The first kappa shape index (κ1) is 19.9. The predicted octanol–water partition coefficient (Wildman–Crippen LogP) is 2.84. The molecule has 1 aliphatic heterocycles. The third-order valence-electron chi connectivity index (χ3n) is 5.48. The summed E-state index contributed by atoms with van der Waals surface area (Å²) >= 11 is 0.